The molecule has 2 aromatic rings. The van der Waals surface area contributed by atoms with Crippen LogP contribution in [0.2, 0.25) is 0 Å². The lowest BCUT2D eigenvalue weighted by molar-refractivity contribution is 0.466. The van der Waals surface area contributed by atoms with Gasteiger partial charge in [0, 0.05) is 11.3 Å². The van der Waals surface area contributed by atoms with Crippen LogP contribution in [0.4, 0.5) is 0 Å². The fourth-order valence-corrected chi connectivity index (χ4v) is 3.68. The molecule has 21 heavy (non-hydrogen) atoms. The number of imidazole rings is 1. The van der Waals surface area contributed by atoms with E-state index < -0.39 is 0 Å². The molecule has 0 fully saturated rings. The molecule has 1 aromatic carbocycles. The molecule has 0 bridgehead atoms. The van der Waals surface area contributed by atoms with Gasteiger partial charge in [0.15, 0.2) is 0 Å². The molecule has 0 aliphatic carbocycles. The minimum absolute atomic E-state index is 0.178. The van der Waals surface area contributed by atoms with Crippen molar-refractivity contribution < 1.29 is 0 Å². The SMILES string of the molecule is CCC(CC)(Cn1c(CCl)nc2ccc(C#N)cc21)SC. The zero-order valence-corrected chi connectivity index (χ0v) is 14.3. The fourth-order valence-electron chi connectivity index (χ4n) is 2.64. The highest BCUT2D eigenvalue weighted by molar-refractivity contribution is 8.00. The molecule has 0 unspecified atom stereocenters. The van der Waals surface area contributed by atoms with E-state index in [2.05, 4.69) is 35.7 Å². The monoisotopic (exact) mass is 321 g/mol. The summed E-state index contributed by atoms with van der Waals surface area (Å²) in [6.45, 7) is 5.31. The van der Waals surface area contributed by atoms with Crippen molar-refractivity contribution in [3.05, 3.63) is 29.6 Å². The second-order valence-electron chi connectivity index (χ2n) is 5.16. The summed E-state index contributed by atoms with van der Waals surface area (Å²) in [5.74, 6) is 1.26. The number of aromatic nitrogens is 2. The number of alkyl halides is 1. The van der Waals surface area contributed by atoms with Crippen LogP contribution in [0, 0.1) is 11.3 Å². The standard InChI is InChI=1S/C16H20ClN3S/c1-4-16(5-2,21-3)11-20-14-8-12(10-18)6-7-13(14)19-15(20)9-17/h6-8H,4-5,9,11H2,1-3H3. The summed E-state index contributed by atoms with van der Waals surface area (Å²) in [7, 11) is 0. The van der Waals surface area contributed by atoms with E-state index in [0.717, 1.165) is 36.2 Å². The van der Waals surface area contributed by atoms with E-state index in [9.17, 15) is 0 Å². The number of nitrogens with zero attached hydrogens (tertiary/aromatic N) is 3. The lowest BCUT2D eigenvalue weighted by atomic mass is 10.0. The van der Waals surface area contributed by atoms with Gasteiger partial charge < -0.3 is 4.57 Å². The van der Waals surface area contributed by atoms with Gasteiger partial charge in [0.2, 0.25) is 0 Å². The fraction of sp³-hybridized carbons (Fsp3) is 0.500. The van der Waals surface area contributed by atoms with Gasteiger partial charge in [0.1, 0.15) is 5.82 Å². The van der Waals surface area contributed by atoms with Crippen LogP contribution in [-0.4, -0.2) is 20.6 Å². The summed E-state index contributed by atoms with van der Waals surface area (Å²) in [5, 5.41) is 9.11. The first kappa shape index (κ1) is 16.2. The first-order valence-corrected chi connectivity index (χ1v) is 8.89. The molecule has 0 amide bonds. The minimum atomic E-state index is 0.178. The molecule has 0 aliphatic heterocycles. The van der Waals surface area contributed by atoms with Crippen LogP contribution in [0.3, 0.4) is 0 Å². The van der Waals surface area contributed by atoms with Gasteiger partial charge in [0.05, 0.1) is 28.5 Å². The molecule has 1 aromatic heterocycles. The number of thioether (sulfide) groups is 1. The van der Waals surface area contributed by atoms with E-state index in [1.165, 1.54) is 0 Å². The van der Waals surface area contributed by atoms with Crippen LogP contribution in [0.1, 0.15) is 38.1 Å². The van der Waals surface area contributed by atoms with Crippen LogP contribution < -0.4 is 0 Å². The van der Waals surface area contributed by atoms with E-state index in [1.807, 2.05) is 23.9 Å². The molecule has 3 nitrogen and oxygen atoms in total. The summed E-state index contributed by atoms with van der Waals surface area (Å²) in [6, 6.07) is 7.82. The molecule has 5 heteroatoms. The largest absolute Gasteiger partial charge is 0.326 e. The first-order valence-electron chi connectivity index (χ1n) is 7.13. The summed E-state index contributed by atoms with van der Waals surface area (Å²) >= 11 is 7.98. The van der Waals surface area contributed by atoms with Gasteiger partial charge >= 0.3 is 0 Å². The van der Waals surface area contributed by atoms with E-state index in [4.69, 9.17) is 16.9 Å². The smallest absolute Gasteiger partial charge is 0.124 e. The Balaban J connectivity index is 2.57. The maximum atomic E-state index is 9.11. The van der Waals surface area contributed by atoms with Gasteiger partial charge in [-0.1, -0.05) is 13.8 Å². The van der Waals surface area contributed by atoms with Gasteiger partial charge in [-0.25, -0.2) is 4.98 Å². The quantitative estimate of drug-likeness (QED) is 0.732. The number of hydrogen-bond donors (Lipinski definition) is 0. The van der Waals surface area contributed by atoms with Crippen molar-refractivity contribution in [3.63, 3.8) is 0 Å². The van der Waals surface area contributed by atoms with Crippen molar-refractivity contribution in [3.8, 4) is 6.07 Å². The van der Waals surface area contributed by atoms with Crippen LogP contribution in [-0.2, 0) is 12.4 Å². The van der Waals surface area contributed by atoms with E-state index in [1.54, 1.807) is 6.07 Å². The molecule has 1 heterocycles. The highest BCUT2D eigenvalue weighted by Crippen LogP contribution is 2.34. The molecule has 0 atom stereocenters. The molecule has 0 N–H and O–H groups in total. The predicted octanol–water partition coefficient (Wildman–Crippen LogP) is 4.57. The topological polar surface area (TPSA) is 41.6 Å². The Morgan fingerprint density at radius 1 is 1.38 bits per heavy atom. The Hall–Kier alpha value is -1.18. The molecular formula is C16H20ClN3S. The maximum absolute atomic E-state index is 9.11. The van der Waals surface area contributed by atoms with Crippen molar-refractivity contribution in [2.24, 2.45) is 0 Å². The van der Waals surface area contributed by atoms with E-state index in [0.29, 0.717) is 11.4 Å². The summed E-state index contributed by atoms with van der Waals surface area (Å²) in [5.41, 5.74) is 2.57. The van der Waals surface area contributed by atoms with Gasteiger partial charge in [-0.3, -0.25) is 0 Å². The summed E-state index contributed by atoms with van der Waals surface area (Å²) in [4.78, 5) is 4.61. The number of benzene rings is 1. The van der Waals surface area contributed by atoms with Gasteiger partial charge in [-0.05, 0) is 37.3 Å². The van der Waals surface area contributed by atoms with Gasteiger partial charge in [-0.2, -0.15) is 17.0 Å². The molecule has 0 spiro atoms. The Bertz CT molecular complexity index is 660. The highest BCUT2D eigenvalue weighted by Gasteiger charge is 2.27. The van der Waals surface area contributed by atoms with E-state index in [-0.39, 0.29) is 4.75 Å². The molecule has 2 rings (SSSR count). The van der Waals surface area contributed by atoms with Crippen LogP contribution in [0.15, 0.2) is 18.2 Å². The molecule has 0 saturated carbocycles. The maximum Gasteiger partial charge on any atom is 0.124 e. The Labute approximate surface area is 135 Å². The van der Waals surface area contributed by atoms with Crippen molar-refractivity contribution in [2.45, 2.75) is 43.9 Å². The Kier molecular flexibility index (Phi) is 5.18. The normalized spacial score (nSPS) is 11.8. The van der Waals surface area contributed by atoms with Crippen molar-refractivity contribution in [1.29, 1.82) is 5.26 Å². The Morgan fingerprint density at radius 3 is 2.62 bits per heavy atom. The highest BCUT2D eigenvalue weighted by atomic mass is 35.5. The predicted molar refractivity (Wildman–Crippen MR) is 90.8 cm³/mol. The van der Waals surface area contributed by atoms with Crippen LogP contribution in [0.25, 0.3) is 11.0 Å². The average Bonchev–Trinajstić information content (AvgIpc) is 2.89. The lowest BCUT2D eigenvalue weighted by Crippen LogP contribution is -2.29. The third kappa shape index (κ3) is 3.04. The van der Waals surface area contributed by atoms with Gasteiger partial charge in [0.25, 0.3) is 0 Å². The third-order valence-corrected chi connectivity index (χ3v) is 6.06. The van der Waals surface area contributed by atoms with Crippen LogP contribution in [0.5, 0.6) is 0 Å². The van der Waals surface area contributed by atoms with Crippen molar-refractivity contribution >= 4 is 34.4 Å². The molecule has 0 radical (unpaired) electrons. The molecule has 0 aliphatic rings. The summed E-state index contributed by atoms with van der Waals surface area (Å²) in [6.07, 6.45) is 4.33. The number of hydrogen-bond acceptors (Lipinski definition) is 3. The average molecular weight is 322 g/mol. The first-order chi connectivity index (χ1) is 10.1. The van der Waals surface area contributed by atoms with Gasteiger partial charge in [-0.15, -0.1) is 11.6 Å². The summed E-state index contributed by atoms with van der Waals surface area (Å²) < 4.78 is 2.36. The number of rotatable bonds is 6. The van der Waals surface area contributed by atoms with Crippen molar-refractivity contribution in [1.82, 2.24) is 9.55 Å². The van der Waals surface area contributed by atoms with Crippen molar-refractivity contribution in [2.75, 3.05) is 6.26 Å². The molecule has 112 valence electrons. The van der Waals surface area contributed by atoms with Crippen LogP contribution >= 0.6 is 23.4 Å². The molecular weight excluding hydrogens is 302 g/mol. The number of halogens is 1. The second kappa shape index (κ2) is 6.72. The lowest BCUT2D eigenvalue weighted by Gasteiger charge is -2.31. The Morgan fingerprint density at radius 2 is 2.10 bits per heavy atom. The van der Waals surface area contributed by atoms with E-state index >= 15 is 0 Å². The minimum Gasteiger partial charge on any atom is -0.326 e. The number of fused-ring (bicyclic) bond motifs is 1. The molecule has 0 saturated heterocycles. The zero-order valence-electron chi connectivity index (χ0n) is 12.7. The number of nitriles is 1. The zero-order chi connectivity index (χ0) is 15.5. The second-order valence-corrected chi connectivity index (χ2v) is 6.70. The third-order valence-electron chi connectivity index (χ3n) is 4.24.